The lowest BCUT2D eigenvalue weighted by Crippen LogP contribution is -2.27. The number of hydrogen-bond donors (Lipinski definition) is 1. The molecule has 124 valence electrons. The number of carbonyl (C=O) groups excluding carboxylic acids is 1. The van der Waals surface area contributed by atoms with Crippen molar-refractivity contribution in [3.63, 3.8) is 0 Å². The first kappa shape index (κ1) is 15.7. The van der Waals surface area contributed by atoms with E-state index in [1.165, 1.54) is 12.6 Å². The first-order chi connectivity index (χ1) is 11.6. The van der Waals surface area contributed by atoms with Crippen LogP contribution in [0.4, 0.5) is 0 Å². The predicted molar refractivity (Wildman–Crippen MR) is 85.0 cm³/mol. The van der Waals surface area contributed by atoms with Gasteiger partial charge in [-0.2, -0.15) is 10.1 Å². The number of aromatic nitrogens is 4. The Hall–Kier alpha value is -3.16. The summed E-state index contributed by atoms with van der Waals surface area (Å²) in [7, 11) is 1.60. The maximum atomic E-state index is 12.5. The van der Waals surface area contributed by atoms with Gasteiger partial charge in [0.15, 0.2) is 5.82 Å². The molecule has 0 saturated heterocycles. The van der Waals surface area contributed by atoms with Crippen molar-refractivity contribution in [2.45, 2.75) is 19.9 Å². The van der Waals surface area contributed by atoms with E-state index >= 15 is 0 Å². The summed E-state index contributed by atoms with van der Waals surface area (Å²) in [5.41, 5.74) is 1.94. The van der Waals surface area contributed by atoms with Crippen LogP contribution in [0.25, 0.3) is 5.69 Å². The fraction of sp³-hybridized carbons (Fsp3) is 0.250. The third-order valence-corrected chi connectivity index (χ3v) is 3.68. The zero-order valence-corrected chi connectivity index (χ0v) is 13.6. The van der Waals surface area contributed by atoms with Gasteiger partial charge in [0.25, 0.3) is 5.91 Å². The van der Waals surface area contributed by atoms with Crippen LogP contribution in [0.3, 0.4) is 0 Å². The van der Waals surface area contributed by atoms with Crippen LogP contribution in [0.15, 0.2) is 41.4 Å². The van der Waals surface area contributed by atoms with E-state index in [9.17, 15) is 4.79 Å². The van der Waals surface area contributed by atoms with E-state index in [-0.39, 0.29) is 11.9 Å². The quantitative estimate of drug-likeness (QED) is 0.771. The Kier molecular flexibility index (Phi) is 4.28. The fourth-order valence-corrected chi connectivity index (χ4v) is 2.39. The summed E-state index contributed by atoms with van der Waals surface area (Å²) in [5, 5.41) is 10.9. The van der Waals surface area contributed by atoms with Crippen molar-refractivity contribution in [1.29, 1.82) is 0 Å². The first-order valence-electron chi connectivity index (χ1n) is 7.37. The van der Waals surface area contributed by atoms with Crippen molar-refractivity contribution in [3.8, 4) is 11.4 Å². The highest BCUT2D eigenvalue weighted by Gasteiger charge is 2.20. The Morgan fingerprint density at radius 1 is 1.38 bits per heavy atom. The molecule has 1 amide bonds. The Morgan fingerprint density at radius 2 is 2.17 bits per heavy atom. The van der Waals surface area contributed by atoms with E-state index in [4.69, 9.17) is 9.26 Å². The van der Waals surface area contributed by atoms with Crippen LogP contribution < -0.4 is 10.1 Å². The van der Waals surface area contributed by atoms with Gasteiger partial charge in [-0.25, -0.2) is 4.68 Å². The molecule has 3 aromatic rings. The number of rotatable bonds is 5. The molecule has 3 rings (SSSR count). The van der Waals surface area contributed by atoms with Crippen molar-refractivity contribution >= 4 is 5.91 Å². The molecule has 2 heterocycles. The van der Waals surface area contributed by atoms with Gasteiger partial charge in [0, 0.05) is 0 Å². The molecule has 1 aromatic carbocycles. The van der Waals surface area contributed by atoms with Gasteiger partial charge >= 0.3 is 0 Å². The highest BCUT2D eigenvalue weighted by Crippen LogP contribution is 2.24. The minimum Gasteiger partial charge on any atom is -0.494 e. The molecule has 8 nitrogen and oxygen atoms in total. The third-order valence-electron chi connectivity index (χ3n) is 3.68. The lowest BCUT2D eigenvalue weighted by atomic mass is 10.2. The summed E-state index contributed by atoms with van der Waals surface area (Å²) in [5.74, 6) is 0.833. The summed E-state index contributed by atoms with van der Waals surface area (Å²) in [4.78, 5) is 16.4. The highest BCUT2D eigenvalue weighted by molar-refractivity contribution is 5.95. The molecule has 1 N–H and O–H groups in total. The van der Waals surface area contributed by atoms with E-state index in [2.05, 4.69) is 20.6 Å². The van der Waals surface area contributed by atoms with Crippen molar-refractivity contribution in [1.82, 2.24) is 25.2 Å². The number of para-hydroxylation sites is 2. The minimum absolute atomic E-state index is 0.258. The number of benzene rings is 1. The number of nitrogens with one attached hydrogen (secondary N) is 1. The highest BCUT2D eigenvalue weighted by atomic mass is 16.5. The predicted octanol–water partition coefficient (Wildman–Crippen LogP) is 2.06. The lowest BCUT2D eigenvalue weighted by molar-refractivity contribution is 0.0937. The topological polar surface area (TPSA) is 95.1 Å². The summed E-state index contributed by atoms with van der Waals surface area (Å²) >= 11 is 0. The normalized spacial score (nSPS) is 12.0. The summed E-state index contributed by atoms with van der Waals surface area (Å²) in [6, 6.07) is 7.11. The fourth-order valence-electron chi connectivity index (χ4n) is 2.39. The van der Waals surface area contributed by atoms with Gasteiger partial charge in [0.2, 0.25) is 6.39 Å². The molecule has 0 fully saturated rings. The molecule has 0 radical (unpaired) electrons. The molecule has 0 unspecified atom stereocenters. The second kappa shape index (κ2) is 6.53. The first-order valence-corrected chi connectivity index (χ1v) is 7.37. The monoisotopic (exact) mass is 327 g/mol. The largest absolute Gasteiger partial charge is 0.494 e. The lowest BCUT2D eigenvalue weighted by Gasteiger charge is -2.11. The maximum absolute atomic E-state index is 12.5. The molecular weight excluding hydrogens is 310 g/mol. The van der Waals surface area contributed by atoms with Crippen molar-refractivity contribution in [3.05, 3.63) is 53.9 Å². The molecular formula is C16H17N5O3. The number of carbonyl (C=O) groups is 1. The molecule has 0 spiro atoms. The maximum Gasteiger partial charge on any atom is 0.255 e. The second-order valence-corrected chi connectivity index (χ2v) is 5.21. The molecule has 0 aliphatic rings. The molecule has 0 aliphatic heterocycles. The van der Waals surface area contributed by atoms with Gasteiger partial charge in [-0.15, -0.1) is 0 Å². The number of methoxy groups -OCH3 is 1. The molecule has 0 bridgehead atoms. The second-order valence-electron chi connectivity index (χ2n) is 5.21. The number of nitrogens with zero attached hydrogens (tertiary/aromatic N) is 4. The van der Waals surface area contributed by atoms with Crippen LogP contribution >= 0.6 is 0 Å². The Morgan fingerprint density at radius 3 is 2.88 bits per heavy atom. The molecule has 24 heavy (non-hydrogen) atoms. The van der Waals surface area contributed by atoms with Gasteiger partial charge in [0.1, 0.15) is 11.4 Å². The van der Waals surface area contributed by atoms with E-state index in [0.717, 1.165) is 5.69 Å². The van der Waals surface area contributed by atoms with Crippen LogP contribution in [0.1, 0.15) is 34.8 Å². The van der Waals surface area contributed by atoms with Gasteiger partial charge in [-0.1, -0.05) is 17.3 Å². The minimum atomic E-state index is -0.370. The van der Waals surface area contributed by atoms with Crippen molar-refractivity contribution in [2.24, 2.45) is 0 Å². The van der Waals surface area contributed by atoms with E-state index in [1.54, 1.807) is 18.7 Å². The molecule has 8 heteroatoms. The molecule has 1 atom stereocenters. The van der Waals surface area contributed by atoms with E-state index in [0.29, 0.717) is 22.8 Å². The number of amides is 1. The third kappa shape index (κ3) is 2.85. The van der Waals surface area contributed by atoms with Crippen LogP contribution in [0.2, 0.25) is 0 Å². The average molecular weight is 327 g/mol. The SMILES string of the molecule is COc1ccccc1-n1ncc(C(=O)N[C@H](C)c2ncon2)c1C. The number of hydrogen-bond acceptors (Lipinski definition) is 6. The molecule has 2 aromatic heterocycles. The van der Waals surface area contributed by atoms with Crippen LogP contribution in [-0.4, -0.2) is 32.9 Å². The molecule has 0 saturated carbocycles. The summed E-state index contributed by atoms with van der Waals surface area (Å²) < 4.78 is 11.7. The zero-order chi connectivity index (χ0) is 17.1. The van der Waals surface area contributed by atoms with Gasteiger partial charge in [-0.05, 0) is 26.0 Å². The standard InChI is InChI=1S/C16H17N5O3/c1-10(15-17-9-24-20-15)19-16(22)12-8-18-21(11(12)2)13-6-4-5-7-14(13)23-3/h4-10H,1-3H3,(H,19,22)/t10-/m1/s1. The Balaban J connectivity index is 1.86. The van der Waals surface area contributed by atoms with Gasteiger partial charge in [0.05, 0.1) is 30.6 Å². The van der Waals surface area contributed by atoms with Gasteiger partial charge < -0.3 is 14.6 Å². The van der Waals surface area contributed by atoms with Crippen LogP contribution in [-0.2, 0) is 0 Å². The van der Waals surface area contributed by atoms with Crippen molar-refractivity contribution < 1.29 is 14.1 Å². The smallest absolute Gasteiger partial charge is 0.255 e. The Labute approximate surface area is 138 Å². The van der Waals surface area contributed by atoms with Gasteiger partial charge in [-0.3, -0.25) is 4.79 Å². The zero-order valence-electron chi connectivity index (χ0n) is 13.6. The Bertz CT molecular complexity index is 841. The van der Waals surface area contributed by atoms with Crippen molar-refractivity contribution in [2.75, 3.05) is 7.11 Å². The summed E-state index contributed by atoms with van der Waals surface area (Å²) in [6.45, 7) is 3.61. The average Bonchev–Trinajstić information content (AvgIpc) is 3.24. The van der Waals surface area contributed by atoms with Crippen LogP contribution in [0.5, 0.6) is 5.75 Å². The van der Waals surface area contributed by atoms with E-state index < -0.39 is 0 Å². The number of ether oxygens (including phenoxy) is 1. The van der Waals surface area contributed by atoms with Crippen LogP contribution in [0, 0.1) is 6.92 Å². The summed E-state index contributed by atoms with van der Waals surface area (Å²) in [6.07, 6.45) is 2.75. The van der Waals surface area contributed by atoms with E-state index in [1.807, 2.05) is 31.2 Å². The molecule has 0 aliphatic carbocycles.